The van der Waals surface area contributed by atoms with Crippen LogP contribution in [0.1, 0.15) is 30.9 Å². The number of carbonyl (C=O) groups is 1. The van der Waals surface area contributed by atoms with Gasteiger partial charge in [0.15, 0.2) is 0 Å². The van der Waals surface area contributed by atoms with Crippen LogP contribution in [0.4, 0.5) is 0 Å². The Labute approximate surface area is 156 Å². The summed E-state index contributed by atoms with van der Waals surface area (Å²) in [7, 11) is 0. The second-order valence-electron chi connectivity index (χ2n) is 6.92. The summed E-state index contributed by atoms with van der Waals surface area (Å²) in [5.41, 5.74) is 1.02. The predicted molar refractivity (Wildman–Crippen MR) is 102 cm³/mol. The van der Waals surface area contributed by atoms with Crippen molar-refractivity contribution in [3.8, 4) is 0 Å². The average Bonchev–Trinajstić information content (AvgIpc) is 2.67. The van der Waals surface area contributed by atoms with Gasteiger partial charge in [-0.15, -0.1) is 12.4 Å². The van der Waals surface area contributed by atoms with Crippen molar-refractivity contribution >= 4 is 18.3 Å². The molecule has 2 aliphatic heterocycles. The van der Waals surface area contributed by atoms with Gasteiger partial charge < -0.3 is 20.2 Å². The van der Waals surface area contributed by atoms with Crippen LogP contribution in [0.15, 0.2) is 30.3 Å². The van der Waals surface area contributed by atoms with Crippen LogP contribution in [-0.2, 0) is 4.79 Å². The lowest BCUT2D eigenvalue weighted by atomic mass is 9.87. The highest BCUT2D eigenvalue weighted by atomic mass is 35.5. The number of halogens is 1. The first-order valence-electron chi connectivity index (χ1n) is 9.18. The highest BCUT2D eigenvalue weighted by Gasteiger charge is 2.26. The number of nitrogens with one attached hydrogen (secondary N) is 1. The fraction of sp³-hybridized carbons (Fsp3) is 0.632. The maximum Gasteiger partial charge on any atom is 0.223 e. The summed E-state index contributed by atoms with van der Waals surface area (Å²) in [5.74, 6) is 0.607. The highest BCUT2D eigenvalue weighted by molar-refractivity contribution is 5.85. The normalized spacial score (nSPS) is 20.8. The summed E-state index contributed by atoms with van der Waals surface area (Å²) < 4.78 is 0. The lowest BCUT2D eigenvalue weighted by molar-refractivity contribution is -0.132. The molecule has 2 heterocycles. The number of rotatable bonds is 5. The fourth-order valence-electron chi connectivity index (χ4n) is 3.74. The van der Waals surface area contributed by atoms with E-state index in [9.17, 15) is 9.90 Å². The molecule has 1 amide bonds. The average molecular weight is 368 g/mol. The Morgan fingerprint density at radius 3 is 2.40 bits per heavy atom. The summed E-state index contributed by atoms with van der Waals surface area (Å²) in [4.78, 5) is 16.6. The lowest BCUT2D eigenvalue weighted by Crippen LogP contribution is -2.47. The minimum Gasteiger partial charge on any atom is -0.388 e. The molecular formula is C19H30ClN3O2. The molecule has 0 aliphatic carbocycles. The summed E-state index contributed by atoms with van der Waals surface area (Å²) in [6, 6.07) is 9.95. The van der Waals surface area contributed by atoms with E-state index in [4.69, 9.17) is 0 Å². The monoisotopic (exact) mass is 367 g/mol. The number of carbonyl (C=O) groups excluding carboxylic acids is 1. The van der Waals surface area contributed by atoms with E-state index in [2.05, 4.69) is 10.2 Å². The summed E-state index contributed by atoms with van der Waals surface area (Å²) in [6.45, 7) is 6.29. The highest BCUT2D eigenvalue weighted by Crippen LogP contribution is 2.30. The molecule has 3 rings (SSSR count). The molecule has 2 aliphatic rings. The van der Waals surface area contributed by atoms with Crippen molar-refractivity contribution in [1.29, 1.82) is 0 Å². The van der Waals surface area contributed by atoms with E-state index in [1.54, 1.807) is 0 Å². The second-order valence-corrected chi connectivity index (χ2v) is 6.92. The second kappa shape index (κ2) is 10.1. The van der Waals surface area contributed by atoms with Crippen molar-refractivity contribution in [2.75, 3.05) is 45.8 Å². The number of hydrogen-bond donors (Lipinski definition) is 2. The van der Waals surface area contributed by atoms with E-state index < -0.39 is 0 Å². The van der Waals surface area contributed by atoms with Crippen molar-refractivity contribution in [3.63, 3.8) is 0 Å². The van der Waals surface area contributed by atoms with Crippen LogP contribution in [0.5, 0.6) is 0 Å². The van der Waals surface area contributed by atoms with E-state index >= 15 is 0 Å². The SMILES string of the molecule is Cl.O=C(CCN1CCC(C(O)c2ccccc2)CC1)N1CCNCC1. The number of piperazine rings is 1. The molecule has 1 atom stereocenters. The zero-order valence-electron chi connectivity index (χ0n) is 14.8. The molecule has 1 unspecified atom stereocenters. The third-order valence-electron chi connectivity index (χ3n) is 5.33. The molecular weight excluding hydrogens is 338 g/mol. The molecule has 2 N–H and O–H groups in total. The first kappa shape index (κ1) is 20.2. The Morgan fingerprint density at radius 2 is 1.76 bits per heavy atom. The minimum atomic E-state index is -0.365. The number of nitrogens with zero attached hydrogens (tertiary/aromatic N) is 2. The molecule has 0 radical (unpaired) electrons. The molecule has 1 aromatic rings. The number of amides is 1. The quantitative estimate of drug-likeness (QED) is 0.831. The van der Waals surface area contributed by atoms with Gasteiger partial charge in [0.1, 0.15) is 0 Å². The largest absolute Gasteiger partial charge is 0.388 e. The van der Waals surface area contributed by atoms with Crippen LogP contribution in [0.25, 0.3) is 0 Å². The molecule has 25 heavy (non-hydrogen) atoms. The number of likely N-dealkylation sites (tertiary alicyclic amines) is 1. The molecule has 5 nitrogen and oxygen atoms in total. The van der Waals surface area contributed by atoms with Gasteiger partial charge in [-0.3, -0.25) is 4.79 Å². The third-order valence-corrected chi connectivity index (χ3v) is 5.33. The van der Waals surface area contributed by atoms with Crippen LogP contribution in [0, 0.1) is 5.92 Å². The van der Waals surface area contributed by atoms with Gasteiger partial charge in [-0.05, 0) is 37.4 Å². The van der Waals surface area contributed by atoms with Gasteiger partial charge in [0.2, 0.25) is 5.91 Å². The van der Waals surface area contributed by atoms with Crippen molar-refractivity contribution in [1.82, 2.24) is 15.1 Å². The number of hydrogen-bond acceptors (Lipinski definition) is 4. The Kier molecular flexibility index (Phi) is 8.16. The van der Waals surface area contributed by atoms with Gasteiger partial charge in [0.25, 0.3) is 0 Å². The smallest absolute Gasteiger partial charge is 0.223 e. The molecule has 0 saturated carbocycles. The number of aliphatic hydroxyl groups excluding tert-OH is 1. The van der Waals surface area contributed by atoms with Crippen LogP contribution >= 0.6 is 12.4 Å². The van der Waals surface area contributed by atoms with Gasteiger partial charge in [-0.2, -0.15) is 0 Å². The van der Waals surface area contributed by atoms with Crippen molar-refractivity contribution < 1.29 is 9.90 Å². The van der Waals surface area contributed by atoms with Crippen LogP contribution in [-0.4, -0.2) is 66.6 Å². The van der Waals surface area contributed by atoms with Gasteiger partial charge in [-0.25, -0.2) is 0 Å². The number of benzene rings is 1. The van der Waals surface area contributed by atoms with Gasteiger partial charge >= 0.3 is 0 Å². The summed E-state index contributed by atoms with van der Waals surface area (Å²) in [6.07, 6.45) is 2.25. The summed E-state index contributed by atoms with van der Waals surface area (Å²) >= 11 is 0. The van der Waals surface area contributed by atoms with Crippen LogP contribution < -0.4 is 5.32 Å². The molecule has 140 valence electrons. The molecule has 1 aromatic carbocycles. The van der Waals surface area contributed by atoms with Crippen molar-refractivity contribution in [2.45, 2.75) is 25.4 Å². The molecule has 0 bridgehead atoms. The summed E-state index contributed by atoms with van der Waals surface area (Å²) in [5, 5.41) is 13.8. The van der Waals surface area contributed by atoms with Crippen molar-refractivity contribution in [3.05, 3.63) is 35.9 Å². The van der Waals surface area contributed by atoms with E-state index in [1.165, 1.54) is 0 Å². The molecule has 0 spiro atoms. The first-order chi connectivity index (χ1) is 11.7. The third kappa shape index (κ3) is 5.68. The van der Waals surface area contributed by atoms with E-state index in [0.717, 1.165) is 64.2 Å². The zero-order chi connectivity index (χ0) is 16.8. The maximum atomic E-state index is 12.2. The number of piperidine rings is 1. The standard InChI is InChI=1S/C19H29N3O2.ClH/c23-18(22-14-9-20-10-15-22)8-13-21-11-6-17(7-12-21)19(24)16-4-2-1-3-5-16;/h1-5,17,19-20,24H,6-15H2;1H. The first-order valence-corrected chi connectivity index (χ1v) is 9.18. The Morgan fingerprint density at radius 1 is 1.12 bits per heavy atom. The number of aliphatic hydroxyl groups is 1. The van der Waals surface area contributed by atoms with Crippen LogP contribution in [0.3, 0.4) is 0 Å². The van der Waals surface area contributed by atoms with Gasteiger partial charge in [0.05, 0.1) is 6.10 Å². The van der Waals surface area contributed by atoms with E-state index in [0.29, 0.717) is 12.3 Å². The Bertz CT molecular complexity index is 515. The molecule has 2 fully saturated rings. The van der Waals surface area contributed by atoms with Gasteiger partial charge in [-0.1, -0.05) is 30.3 Å². The molecule has 2 saturated heterocycles. The lowest BCUT2D eigenvalue weighted by Gasteiger charge is -2.35. The predicted octanol–water partition coefficient (Wildman–Crippen LogP) is 1.68. The molecule has 0 aromatic heterocycles. The topological polar surface area (TPSA) is 55.8 Å². The van der Waals surface area contributed by atoms with Gasteiger partial charge in [0, 0.05) is 39.1 Å². The van der Waals surface area contributed by atoms with E-state index in [1.807, 2.05) is 35.2 Å². The fourth-order valence-corrected chi connectivity index (χ4v) is 3.74. The Balaban J connectivity index is 0.00000225. The van der Waals surface area contributed by atoms with Crippen LogP contribution in [0.2, 0.25) is 0 Å². The zero-order valence-corrected chi connectivity index (χ0v) is 15.6. The maximum absolute atomic E-state index is 12.2. The van der Waals surface area contributed by atoms with Crippen molar-refractivity contribution in [2.24, 2.45) is 5.92 Å². The minimum absolute atomic E-state index is 0. The van der Waals surface area contributed by atoms with E-state index in [-0.39, 0.29) is 24.4 Å². The molecule has 6 heteroatoms. The Hall–Kier alpha value is -1.14.